The molecule has 0 spiro atoms. The van der Waals surface area contributed by atoms with Gasteiger partial charge in [0.15, 0.2) is 0 Å². The van der Waals surface area contributed by atoms with Gasteiger partial charge < -0.3 is 10.4 Å². The van der Waals surface area contributed by atoms with Gasteiger partial charge in [-0.05, 0) is 30.0 Å². The number of nitrogens with one attached hydrogen (secondary N) is 1. The smallest absolute Gasteiger partial charge is 0.348 e. The monoisotopic (exact) mass is 307 g/mol. The maximum Gasteiger partial charge on any atom is 0.348 e. The fraction of sp³-hybridized carbons (Fsp3) is 0.143. The van der Waals surface area contributed by atoms with Crippen LogP contribution in [0.4, 0.5) is 5.69 Å². The first-order chi connectivity index (χ1) is 9.58. The molecule has 0 atom stereocenters. The number of carboxylic acids is 1. The predicted molar refractivity (Wildman–Crippen MR) is 81.8 cm³/mol. The fourth-order valence-corrected chi connectivity index (χ4v) is 3.16. The SMILES string of the molecule is Cc1csc(C(=O)O)c1NC(=O)CSc1ccccc1. The predicted octanol–water partition coefficient (Wildman–Crippen LogP) is 3.49. The van der Waals surface area contributed by atoms with Gasteiger partial charge in [-0.1, -0.05) is 18.2 Å². The molecule has 104 valence electrons. The zero-order chi connectivity index (χ0) is 14.5. The van der Waals surface area contributed by atoms with Crippen LogP contribution in [0.3, 0.4) is 0 Å². The van der Waals surface area contributed by atoms with Crippen molar-refractivity contribution in [1.29, 1.82) is 0 Å². The Morgan fingerprint density at radius 2 is 2.00 bits per heavy atom. The third-order valence-electron chi connectivity index (χ3n) is 2.55. The van der Waals surface area contributed by atoms with Crippen LogP contribution in [0.1, 0.15) is 15.2 Å². The number of anilines is 1. The summed E-state index contributed by atoms with van der Waals surface area (Å²) in [5, 5.41) is 13.5. The molecule has 2 aromatic rings. The molecule has 0 bridgehead atoms. The molecule has 2 rings (SSSR count). The van der Waals surface area contributed by atoms with E-state index in [1.165, 1.54) is 11.8 Å². The number of thiophene rings is 1. The van der Waals surface area contributed by atoms with Crippen LogP contribution in [0.2, 0.25) is 0 Å². The molecular formula is C14H13NO3S2. The minimum absolute atomic E-state index is 0.167. The summed E-state index contributed by atoms with van der Waals surface area (Å²) in [6.45, 7) is 1.78. The number of hydrogen-bond donors (Lipinski definition) is 2. The molecule has 1 aromatic carbocycles. The van der Waals surface area contributed by atoms with E-state index in [-0.39, 0.29) is 16.5 Å². The summed E-state index contributed by atoms with van der Waals surface area (Å²) in [6, 6.07) is 9.59. The molecule has 0 aliphatic rings. The van der Waals surface area contributed by atoms with Crippen LogP contribution < -0.4 is 5.32 Å². The number of aryl methyl sites for hydroxylation is 1. The Hall–Kier alpha value is -1.79. The van der Waals surface area contributed by atoms with E-state index in [1.807, 2.05) is 30.3 Å². The summed E-state index contributed by atoms with van der Waals surface area (Å²) >= 11 is 2.53. The Morgan fingerprint density at radius 1 is 1.30 bits per heavy atom. The highest BCUT2D eigenvalue weighted by Gasteiger charge is 2.17. The van der Waals surface area contributed by atoms with Crippen LogP contribution in [0.15, 0.2) is 40.6 Å². The normalized spacial score (nSPS) is 10.2. The minimum Gasteiger partial charge on any atom is -0.477 e. The van der Waals surface area contributed by atoms with Crippen molar-refractivity contribution in [3.63, 3.8) is 0 Å². The van der Waals surface area contributed by atoms with Crippen molar-refractivity contribution in [3.8, 4) is 0 Å². The van der Waals surface area contributed by atoms with Gasteiger partial charge in [-0.15, -0.1) is 23.1 Å². The number of carboxylic acid groups (broad SMARTS) is 1. The number of hydrogen-bond acceptors (Lipinski definition) is 4. The molecule has 0 aliphatic heterocycles. The highest BCUT2D eigenvalue weighted by Crippen LogP contribution is 2.28. The van der Waals surface area contributed by atoms with E-state index in [4.69, 9.17) is 5.11 Å². The molecule has 20 heavy (non-hydrogen) atoms. The van der Waals surface area contributed by atoms with Crippen molar-refractivity contribution < 1.29 is 14.7 Å². The largest absolute Gasteiger partial charge is 0.477 e. The highest BCUT2D eigenvalue weighted by atomic mass is 32.2. The van der Waals surface area contributed by atoms with Gasteiger partial charge in [-0.2, -0.15) is 0 Å². The van der Waals surface area contributed by atoms with Crippen molar-refractivity contribution in [2.24, 2.45) is 0 Å². The van der Waals surface area contributed by atoms with Crippen molar-refractivity contribution in [1.82, 2.24) is 0 Å². The van der Waals surface area contributed by atoms with E-state index in [0.717, 1.165) is 21.8 Å². The molecule has 0 unspecified atom stereocenters. The topological polar surface area (TPSA) is 66.4 Å². The molecular weight excluding hydrogens is 294 g/mol. The number of aromatic carboxylic acids is 1. The first-order valence-corrected chi connectivity index (χ1v) is 7.73. The number of benzene rings is 1. The third-order valence-corrected chi connectivity index (χ3v) is 4.64. The van der Waals surface area contributed by atoms with Crippen molar-refractivity contribution in [2.75, 3.05) is 11.1 Å². The Kier molecular flexibility index (Phi) is 4.81. The Balaban J connectivity index is 1.98. The number of carbonyl (C=O) groups excluding carboxylic acids is 1. The number of rotatable bonds is 5. The van der Waals surface area contributed by atoms with E-state index in [9.17, 15) is 9.59 Å². The second-order valence-corrected chi connectivity index (χ2v) is 6.01. The lowest BCUT2D eigenvalue weighted by Crippen LogP contribution is -2.16. The van der Waals surface area contributed by atoms with E-state index >= 15 is 0 Å². The lowest BCUT2D eigenvalue weighted by molar-refractivity contribution is -0.113. The summed E-state index contributed by atoms with van der Waals surface area (Å²) < 4.78 is 0. The fourth-order valence-electron chi connectivity index (χ4n) is 1.60. The maximum absolute atomic E-state index is 11.9. The van der Waals surface area contributed by atoms with Crippen LogP contribution in [0.5, 0.6) is 0 Å². The highest BCUT2D eigenvalue weighted by molar-refractivity contribution is 8.00. The molecule has 6 heteroatoms. The Morgan fingerprint density at radius 3 is 2.65 bits per heavy atom. The van der Waals surface area contributed by atoms with E-state index < -0.39 is 5.97 Å². The zero-order valence-corrected chi connectivity index (χ0v) is 12.4. The lowest BCUT2D eigenvalue weighted by Gasteiger charge is -2.06. The van der Waals surface area contributed by atoms with Crippen molar-refractivity contribution in [3.05, 3.63) is 46.2 Å². The molecule has 0 saturated carbocycles. The number of carbonyl (C=O) groups is 2. The standard InChI is InChI=1S/C14H13NO3S2/c1-9-7-20-13(14(17)18)12(9)15-11(16)8-19-10-5-3-2-4-6-10/h2-7H,8H2,1H3,(H,15,16)(H,17,18). The van der Waals surface area contributed by atoms with Gasteiger partial charge in [-0.25, -0.2) is 4.79 Å². The molecule has 1 amide bonds. The molecule has 4 nitrogen and oxygen atoms in total. The summed E-state index contributed by atoms with van der Waals surface area (Å²) in [5.74, 6) is -0.977. The molecule has 2 N–H and O–H groups in total. The number of amides is 1. The molecule has 0 aliphatic carbocycles. The van der Waals surface area contributed by atoms with E-state index in [2.05, 4.69) is 5.32 Å². The Bertz CT molecular complexity index is 623. The summed E-state index contributed by atoms with van der Waals surface area (Å²) in [5.41, 5.74) is 1.17. The second kappa shape index (κ2) is 6.58. The van der Waals surface area contributed by atoms with Gasteiger partial charge >= 0.3 is 5.97 Å². The van der Waals surface area contributed by atoms with Crippen LogP contribution in [-0.4, -0.2) is 22.7 Å². The average molecular weight is 307 g/mol. The summed E-state index contributed by atoms with van der Waals surface area (Å²) in [6.07, 6.45) is 0. The van der Waals surface area contributed by atoms with E-state index in [1.54, 1.807) is 12.3 Å². The lowest BCUT2D eigenvalue weighted by atomic mass is 10.2. The van der Waals surface area contributed by atoms with Gasteiger partial charge in [-0.3, -0.25) is 4.79 Å². The second-order valence-electron chi connectivity index (χ2n) is 4.08. The quantitative estimate of drug-likeness (QED) is 0.830. The third kappa shape index (κ3) is 3.61. The maximum atomic E-state index is 11.9. The van der Waals surface area contributed by atoms with Gasteiger partial charge in [0.2, 0.25) is 5.91 Å². The minimum atomic E-state index is -1.02. The van der Waals surface area contributed by atoms with Crippen LogP contribution >= 0.6 is 23.1 Å². The molecule has 0 fully saturated rings. The first-order valence-electron chi connectivity index (χ1n) is 5.87. The Labute approximate surface area is 124 Å². The van der Waals surface area contributed by atoms with Crippen LogP contribution in [0, 0.1) is 6.92 Å². The van der Waals surface area contributed by atoms with Gasteiger partial charge in [0.25, 0.3) is 0 Å². The van der Waals surface area contributed by atoms with Crippen molar-refractivity contribution >= 4 is 40.7 Å². The van der Waals surface area contributed by atoms with Gasteiger partial charge in [0.05, 0.1) is 11.4 Å². The summed E-state index contributed by atoms with van der Waals surface area (Å²) in [7, 11) is 0. The van der Waals surface area contributed by atoms with Crippen molar-refractivity contribution in [2.45, 2.75) is 11.8 Å². The van der Waals surface area contributed by atoms with E-state index in [0.29, 0.717) is 5.69 Å². The van der Waals surface area contributed by atoms with Gasteiger partial charge in [0.1, 0.15) is 4.88 Å². The molecule has 1 heterocycles. The van der Waals surface area contributed by atoms with Crippen LogP contribution in [0.25, 0.3) is 0 Å². The van der Waals surface area contributed by atoms with Crippen LogP contribution in [-0.2, 0) is 4.79 Å². The molecule has 0 radical (unpaired) electrons. The summed E-state index contributed by atoms with van der Waals surface area (Å²) in [4.78, 5) is 24.1. The zero-order valence-electron chi connectivity index (χ0n) is 10.8. The number of thioether (sulfide) groups is 1. The molecule has 0 saturated heterocycles. The first kappa shape index (κ1) is 14.6. The van der Waals surface area contributed by atoms with Gasteiger partial charge in [0, 0.05) is 4.90 Å². The molecule has 1 aromatic heterocycles. The average Bonchev–Trinajstić information content (AvgIpc) is 2.79.